The Morgan fingerprint density at radius 3 is 2.54 bits per heavy atom. The fraction of sp³-hybridized carbons (Fsp3) is 0.292. The zero-order chi connectivity index (χ0) is 24.7. The second-order valence-corrected chi connectivity index (χ2v) is 13.3. The molecule has 1 unspecified atom stereocenters. The Morgan fingerprint density at radius 2 is 1.86 bits per heavy atom. The summed E-state index contributed by atoms with van der Waals surface area (Å²) >= 11 is 8.46. The topological polar surface area (TPSA) is 83.5 Å². The Hall–Kier alpha value is -2.37. The van der Waals surface area contributed by atoms with Crippen LogP contribution in [0.25, 0.3) is 10.2 Å². The third-order valence-electron chi connectivity index (χ3n) is 6.12. The van der Waals surface area contributed by atoms with Gasteiger partial charge in [-0.2, -0.15) is 4.31 Å². The molecule has 1 atom stereocenters. The Labute approximate surface area is 217 Å². The molecule has 1 amide bonds. The third kappa shape index (κ3) is 4.61. The highest BCUT2D eigenvalue weighted by Crippen LogP contribution is 2.37. The predicted molar refractivity (Wildman–Crippen MR) is 141 cm³/mol. The van der Waals surface area contributed by atoms with Gasteiger partial charge in [-0.1, -0.05) is 35.1 Å². The second-order valence-electron chi connectivity index (χ2n) is 8.49. The minimum absolute atomic E-state index is 0.147. The maximum absolute atomic E-state index is 14.0. The lowest BCUT2D eigenvalue weighted by Crippen LogP contribution is -2.47. The molecule has 4 heterocycles. The second kappa shape index (κ2) is 9.59. The van der Waals surface area contributed by atoms with Crippen LogP contribution in [0.5, 0.6) is 0 Å². The van der Waals surface area contributed by atoms with Crippen LogP contribution < -0.4 is 4.90 Å². The van der Waals surface area contributed by atoms with Gasteiger partial charge in [0.05, 0.1) is 21.1 Å². The molecule has 1 saturated heterocycles. The Kier molecular flexibility index (Phi) is 6.67. The number of amides is 1. The van der Waals surface area contributed by atoms with Gasteiger partial charge in [-0.05, 0) is 67.6 Å². The van der Waals surface area contributed by atoms with Crippen LogP contribution in [0.15, 0.2) is 53.0 Å². The number of aromatic nitrogens is 2. The normalized spacial score (nSPS) is 16.7. The van der Waals surface area contributed by atoms with Gasteiger partial charge in [-0.3, -0.25) is 14.7 Å². The third-order valence-corrected chi connectivity index (χ3v) is 10.9. The maximum atomic E-state index is 14.0. The highest BCUT2D eigenvalue weighted by atomic mass is 35.5. The van der Waals surface area contributed by atoms with Crippen LogP contribution in [0, 0.1) is 13.8 Å². The van der Waals surface area contributed by atoms with Crippen molar-refractivity contribution in [3.05, 3.63) is 69.8 Å². The number of carbonyl (C=O) groups excluding carboxylic acids is 1. The quantitative estimate of drug-likeness (QED) is 0.323. The van der Waals surface area contributed by atoms with Crippen LogP contribution in [0.1, 0.15) is 29.5 Å². The van der Waals surface area contributed by atoms with E-state index < -0.39 is 16.1 Å². The van der Waals surface area contributed by atoms with Crippen LogP contribution in [0.3, 0.4) is 0 Å². The zero-order valence-corrected chi connectivity index (χ0v) is 22.3. The summed E-state index contributed by atoms with van der Waals surface area (Å²) in [5.74, 6) is -0.278. The summed E-state index contributed by atoms with van der Waals surface area (Å²) in [6.07, 6.45) is 4.41. The lowest BCUT2D eigenvalue weighted by molar-refractivity contribution is -0.121. The van der Waals surface area contributed by atoms with Crippen molar-refractivity contribution in [1.29, 1.82) is 0 Å². The molecule has 1 aliphatic rings. The highest BCUT2D eigenvalue weighted by molar-refractivity contribution is 7.91. The molecular weight excluding hydrogens is 524 g/mol. The van der Waals surface area contributed by atoms with Crippen LogP contribution in [0.4, 0.5) is 5.13 Å². The first-order chi connectivity index (χ1) is 16.8. The average Bonchev–Trinajstić information content (AvgIpc) is 3.60. The van der Waals surface area contributed by atoms with Crippen molar-refractivity contribution in [2.75, 3.05) is 11.4 Å². The molecule has 1 aromatic carbocycles. The summed E-state index contributed by atoms with van der Waals surface area (Å²) in [6, 6.07) is 10.0. The molecule has 1 aliphatic heterocycles. The van der Waals surface area contributed by atoms with E-state index in [-0.39, 0.29) is 23.2 Å². The van der Waals surface area contributed by atoms with Crippen molar-refractivity contribution in [2.45, 2.75) is 43.5 Å². The van der Waals surface area contributed by atoms with Gasteiger partial charge in [0.15, 0.2) is 5.13 Å². The molecule has 0 radical (unpaired) electrons. The number of halogens is 1. The summed E-state index contributed by atoms with van der Waals surface area (Å²) < 4.78 is 29.7. The van der Waals surface area contributed by atoms with Crippen molar-refractivity contribution >= 4 is 65.6 Å². The van der Waals surface area contributed by atoms with E-state index in [1.807, 2.05) is 38.1 Å². The Bertz CT molecular complexity index is 1460. The molecule has 0 bridgehead atoms. The first kappa shape index (κ1) is 24.3. The van der Waals surface area contributed by atoms with Crippen molar-refractivity contribution < 1.29 is 13.2 Å². The van der Waals surface area contributed by atoms with Crippen LogP contribution in [-0.4, -0.2) is 41.2 Å². The van der Waals surface area contributed by atoms with E-state index in [2.05, 4.69) is 4.98 Å². The van der Waals surface area contributed by atoms with Gasteiger partial charge in [0.1, 0.15) is 10.3 Å². The Morgan fingerprint density at radius 1 is 1.11 bits per heavy atom. The zero-order valence-electron chi connectivity index (χ0n) is 19.1. The first-order valence-corrected chi connectivity index (χ1v) is 14.5. The lowest BCUT2D eigenvalue weighted by Gasteiger charge is -2.28. The van der Waals surface area contributed by atoms with Crippen molar-refractivity contribution in [2.24, 2.45) is 0 Å². The highest BCUT2D eigenvalue weighted by Gasteiger charge is 2.42. The summed E-state index contributed by atoms with van der Waals surface area (Å²) in [4.78, 5) is 24.6. The van der Waals surface area contributed by atoms with Crippen LogP contribution in [-0.2, 0) is 21.4 Å². The fourth-order valence-electron chi connectivity index (χ4n) is 4.28. The maximum Gasteiger partial charge on any atom is 0.253 e. The number of thiophene rings is 1. The van der Waals surface area contributed by atoms with E-state index in [0.29, 0.717) is 22.3 Å². The number of anilines is 1. The summed E-state index contributed by atoms with van der Waals surface area (Å²) in [7, 11) is -3.85. The van der Waals surface area contributed by atoms with Crippen molar-refractivity contribution in [1.82, 2.24) is 14.3 Å². The smallest absolute Gasteiger partial charge is 0.253 e. The van der Waals surface area contributed by atoms with E-state index >= 15 is 0 Å². The first-order valence-electron chi connectivity index (χ1n) is 11.1. The molecule has 1 fully saturated rings. The number of pyridine rings is 1. The lowest BCUT2D eigenvalue weighted by atomic mass is 10.1. The van der Waals surface area contributed by atoms with Gasteiger partial charge < -0.3 is 0 Å². The number of sulfonamides is 1. The van der Waals surface area contributed by atoms with Crippen LogP contribution in [0.2, 0.25) is 4.34 Å². The number of nitrogens with zero attached hydrogens (tertiary/aromatic N) is 4. The molecule has 5 rings (SSSR count). The SMILES string of the molecule is Cc1ccc(C)c2sc(N(Cc3ccncc3)C(=O)C3CCCN3S(=O)(=O)c3ccc(Cl)s3)nc12. The number of carbonyl (C=O) groups is 1. The number of thiazole rings is 1. The summed E-state index contributed by atoms with van der Waals surface area (Å²) in [6.45, 7) is 4.58. The number of benzene rings is 1. The molecular formula is C24H23ClN4O3S3. The largest absolute Gasteiger partial charge is 0.282 e. The number of aryl methyl sites for hydroxylation is 2. The van der Waals surface area contributed by atoms with Crippen molar-refractivity contribution in [3.63, 3.8) is 0 Å². The van der Waals surface area contributed by atoms with Gasteiger partial charge in [-0.25, -0.2) is 13.4 Å². The van der Waals surface area contributed by atoms with Gasteiger partial charge >= 0.3 is 0 Å². The van der Waals surface area contributed by atoms with Gasteiger partial charge in [0.25, 0.3) is 10.0 Å². The van der Waals surface area contributed by atoms with Gasteiger partial charge in [-0.15, -0.1) is 11.3 Å². The fourth-order valence-corrected chi connectivity index (χ4v) is 8.66. The molecule has 0 spiro atoms. The molecule has 11 heteroatoms. The van der Waals surface area contributed by atoms with E-state index in [0.717, 1.165) is 38.2 Å². The number of hydrogen-bond acceptors (Lipinski definition) is 7. The van der Waals surface area contributed by atoms with Crippen LogP contribution >= 0.6 is 34.3 Å². The molecule has 0 saturated carbocycles. The average molecular weight is 547 g/mol. The minimum Gasteiger partial charge on any atom is -0.282 e. The molecule has 0 N–H and O–H groups in total. The Balaban J connectivity index is 1.55. The van der Waals surface area contributed by atoms with E-state index in [1.54, 1.807) is 23.4 Å². The minimum atomic E-state index is -3.85. The number of fused-ring (bicyclic) bond motifs is 1. The predicted octanol–water partition coefficient (Wildman–Crippen LogP) is 5.41. The molecule has 4 aromatic rings. The molecule has 0 aliphatic carbocycles. The molecule has 7 nitrogen and oxygen atoms in total. The molecule has 35 heavy (non-hydrogen) atoms. The monoisotopic (exact) mass is 546 g/mol. The number of hydrogen-bond donors (Lipinski definition) is 0. The van der Waals surface area contributed by atoms with E-state index in [9.17, 15) is 13.2 Å². The molecule has 182 valence electrons. The standard InChI is InChI=1S/C24H23ClN4O3S3/c1-15-5-6-16(2)22-21(15)27-24(34-22)28(14-17-9-11-26-12-10-17)23(30)18-4-3-13-29(18)35(31,32)20-8-7-19(25)33-20/h5-12,18H,3-4,13-14H2,1-2H3. The summed E-state index contributed by atoms with van der Waals surface area (Å²) in [5.41, 5.74) is 3.87. The molecule has 3 aromatic heterocycles. The number of rotatable bonds is 6. The summed E-state index contributed by atoms with van der Waals surface area (Å²) in [5, 5.41) is 0.558. The van der Waals surface area contributed by atoms with Gasteiger partial charge in [0.2, 0.25) is 5.91 Å². The van der Waals surface area contributed by atoms with Crippen molar-refractivity contribution in [3.8, 4) is 0 Å². The van der Waals surface area contributed by atoms with E-state index in [4.69, 9.17) is 16.6 Å². The van der Waals surface area contributed by atoms with Gasteiger partial charge in [0, 0.05) is 18.9 Å². The van der Waals surface area contributed by atoms with E-state index in [1.165, 1.54) is 21.7 Å².